The molecule has 29 heavy (non-hydrogen) atoms. The molecule has 2 aliphatic rings. The van der Waals surface area contributed by atoms with Crippen molar-refractivity contribution in [2.45, 2.75) is 43.9 Å². The van der Waals surface area contributed by atoms with Crippen LogP contribution in [0.5, 0.6) is 0 Å². The topological polar surface area (TPSA) is 75.9 Å². The summed E-state index contributed by atoms with van der Waals surface area (Å²) in [6.07, 6.45) is 5.25. The van der Waals surface area contributed by atoms with E-state index < -0.39 is 10.0 Å². The summed E-state index contributed by atoms with van der Waals surface area (Å²) in [5, 5.41) is 0. The van der Waals surface area contributed by atoms with E-state index in [4.69, 9.17) is 9.15 Å². The van der Waals surface area contributed by atoms with Crippen LogP contribution in [-0.4, -0.2) is 57.1 Å². The molecule has 0 radical (unpaired) electrons. The van der Waals surface area contributed by atoms with Crippen LogP contribution in [0.1, 0.15) is 37.8 Å². The monoisotopic (exact) mass is 419 g/mol. The fourth-order valence-electron chi connectivity index (χ4n) is 3.95. The van der Waals surface area contributed by atoms with E-state index in [1.807, 2.05) is 6.92 Å². The molecule has 0 bridgehead atoms. The zero-order valence-electron chi connectivity index (χ0n) is 17.0. The summed E-state index contributed by atoms with van der Waals surface area (Å²) >= 11 is 0. The van der Waals surface area contributed by atoms with Crippen LogP contribution >= 0.6 is 0 Å². The predicted molar refractivity (Wildman–Crippen MR) is 112 cm³/mol. The Morgan fingerprint density at radius 3 is 2.17 bits per heavy atom. The molecule has 8 heteroatoms. The molecule has 0 atom stereocenters. The van der Waals surface area contributed by atoms with Crippen molar-refractivity contribution >= 4 is 15.9 Å². The van der Waals surface area contributed by atoms with Gasteiger partial charge < -0.3 is 14.1 Å². The SMILES string of the molecule is Cc1nc(-c2ccc(S(=O)(=O)N3CCCCCCC3)cc2)oc1N1CCOCC1. The first-order chi connectivity index (χ1) is 14.1. The zero-order valence-corrected chi connectivity index (χ0v) is 17.8. The molecule has 0 aliphatic carbocycles. The van der Waals surface area contributed by atoms with Crippen LogP contribution in [0.2, 0.25) is 0 Å². The molecule has 1 aromatic heterocycles. The van der Waals surface area contributed by atoms with Gasteiger partial charge >= 0.3 is 0 Å². The number of nitrogens with zero attached hydrogens (tertiary/aromatic N) is 3. The predicted octanol–water partition coefficient (Wildman–Crippen LogP) is 3.44. The van der Waals surface area contributed by atoms with Crippen LogP contribution in [0, 0.1) is 6.92 Å². The van der Waals surface area contributed by atoms with Gasteiger partial charge in [0.05, 0.1) is 18.1 Å². The van der Waals surface area contributed by atoms with Gasteiger partial charge in [0.1, 0.15) is 5.69 Å². The highest BCUT2D eigenvalue weighted by Gasteiger charge is 2.25. The number of sulfonamides is 1. The highest BCUT2D eigenvalue weighted by atomic mass is 32.2. The maximum Gasteiger partial charge on any atom is 0.243 e. The normalized spacial score (nSPS) is 19.7. The van der Waals surface area contributed by atoms with Crippen molar-refractivity contribution in [1.29, 1.82) is 0 Å². The van der Waals surface area contributed by atoms with E-state index in [0.29, 0.717) is 37.1 Å². The third-order valence-corrected chi connectivity index (χ3v) is 7.54. The molecular weight excluding hydrogens is 390 g/mol. The Labute approximate surface area is 172 Å². The Hall–Kier alpha value is -1.90. The lowest BCUT2D eigenvalue weighted by molar-refractivity contribution is 0.120. The molecule has 7 nitrogen and oxygen atoms in total. The third kappa shape index (κ3) is 4.49. The molecule has 0 amide bonds. The van der Waals surface area contributed by atoms with E-state index in [1.54, 1.807) is 28.6 Å². The summed E-state index contributed by atoms with van der Waals surface area (Å²) in [6.45, 7) is 6.05. The van der Waals surface area contributed by atoms with Gasteiger partial charge in [-0.2, -0.15) is 4.31 Å². The van der Waals surface area contributed by atoms with E-state index in [2.05, 4.69) is 9.88 Å². The van der Waals surface area contributed by atoms with Gasteiger partial charge in [0.25, 0.3) is 0 Å². The fourth-order valence-corrected chi connectivity index (χ4v) is 5.47. The Balaban J connectivity index is 1.53. The number of morpholine rings is 1. The van der Waals surface area contributed by atoms with Gasteiger partial charge in [-0.05, 0) is 44.0 Å². The number of hydrogen-bond acceptors (Lipinski definition) is 6. The van der Waals surface area contributed by atoms with Crippen molar-refractivity contribution in [3.8, 4) is 11.5 Å². The minimum atomic E-state index is -3.46. The lowest BCUT2D eigenvalue weighted by atomic mass is 10.1. The molecule has 3 heterocycles. The molecule has 4 rings (SSSR count). The van der Waals surface area contributed by atoms with Gasteiger partial charge in [-0.15, -0.1) is 0 Å². The number of rotatable bonds is 4. The molecule has 2 saturated heterocycles. The van der Waals surface area contributed by atoms with Gasteiger partial charge in [0, 0.05) is 31.7 Å². The summed E-state index contributed by atoms with van der Waals surface area (Å²) in [5.74, 6) is 1.28. The Morgan fingerprint density at radius 2 is 1.52 bits per heavy atom. The summed E-state index contributed by atoms with van der Waals surface area (Å²) in [6, 6.07) is 6.89. The first kappa shape index (κ1) is 20.4. The van der Waals surface area contributed by atoms with Crippen LogP contribution in [0.25, 0.3) is 11.5 Å². The van der Waals surface area contributed by atoms with Crippen molar-refractivity contribution in [3.05, 3.63) is 30.0 Å². The second-order valence-corrected chi connectivity index (χ2v) is 9.64. The largest absolute Gasteiger partial charge is 0.420 e. The van der Waals surface area contributed by atoms with Gasteiger partial charge in [0.15, 0.2) is 0 Å². The quantitative estimate of drug-likeness (QED) is 0.756. The van der Waals surface area contributed by atoms with Crippen LogP contribution in [-0.2, 0) is 14.8 Å². The molecule has 0 N–H and O–H groups in total. The van der Waals surface area contributed by atoms with E-state index >= 15 is 0 Å². The van der Waals surface area contributed by atoms with Gasteiger partial charge in [-0.25, -0.2) is 13.4 Å². The summed E-state index contributed by atoms with van der Waals surface area (Å²) in [4.78, 5) is 7.02. The summed E-state index contributed by atoms with van der Waals surface area (Å²) in [5.41, 5.74) is 1.61. The van der Waals surface area contributed by atoms with Gasteiger partial charge in [0.2, 0.25) is 21.8 Å². The Bertz CT molecular complexity index is 910. The molecule has 0 saturated carbocycles. The average molecular weight is 420 g/mol. The average Bonchev–Trinajstić information content (AvgIpc) is 3.10. The fraction of sp³-hybridized carbons (Fsp3) is 0.571. The van der Waals surface area contributed by atoms with Crippen molar-refractivity contribution in [2.24, 2.45) is 0 Å². The molecule has 1 aromatic carbocycles. The maximum absolute atomic E-state index is 13.0. The second kappa shape index (κ2) is 8.85. The number of benzene rings is 1. The van der Waals surface area contributed by atoms with E-state index in [-0.39, 0.29) is 0 Å². The molecule has 0 spiro atoms. The number of anilines is 1. The standard InChI is InChI=1S/C21H29N3O4S/c1-17-21(23-13-15-27-16-14-23)28-20(22-17)18-7-9-19(10-8-18)29(25,26)24-11-5-3-2-4-6-12-24/h7-10H,2-6,11-16H2,1H3. The van der Waals surface area contributed by atoms with Crippen LogP contribution < -0.4 is 4.90 Å². The van der Waals surface area contributed by atoms with Crippen molar-refractivity contribution in [2.75, 3.05) is 44.3 Å². The lowest BCUT2D eigenvalue weighted by Gasteiger charge is -2.26. The number of aryl methyl sites for hydroxylation is 1. The summed E-state index contributed by atoms with van der Waals surface area (Å²) in [7, 11) is -3.46. The van der Waals surface area contributed by atoms with Crippen molar-refractivity contribution in [1.82, 2.24) is 9.29 Å². The van der Waals surface area contributed by atoms with E-state index in [1.165, 1.54) is 6.42 Å². The van der Waals surface area contributed by atoms with Crippen LogP contribution in [0.4, 0.5) is 5.88 Å². The molecule has 158 valence electrons. The zero-order chi connectivity index (χ0) is 20.3. The Morgan fingerprint density at radius 1 is 0.897 bits per heavy atom. The van der Waals surface area contributed by atoms with Crippen LogP contribution in [0.15, 0.2) is 33.6 Å². The second-order valence-electron chi connectivity index (χ2n) is 7.71. The Kier molecular flexibility index (Phi) is 6.22. The molecule has 2 aliphatic heterocycles. The van der Waals surface area contributed by atoms with E-state index in [9.17, 15) is 8.42 Å². The molecule has 0 unspecified atom stereocenters. The minimum absolute atomic E-state index is 0.332. The summed E-state index contributed by atoms with van der Waals surface area (Å²) < 4.78 is 39.1. The molecule has 2 fully saturated rings. The number of oxazole rings is 1. The lowest BCUT2D eigenvalue weighted by Crippen LogP contribution is -2.36. The first-order valence-electron chi connectivity index (χ1n) is 10.5. The highest BCUT2D eigenvalue weighted by Crippen LogP contribution is 2.29. The smallest absolute Gasteiger partial charge is 0.243 e. The minimum Gasteiger partial charge on any atom is -0.420 e. The van der Waals surface area contributed by atoms with Gasteiger partial charge in [-0.1, -0.05) is 19.3 Å². The third-order valence-electron chi connectivity index (χ3n) is 5.62. The van der Waals surface area contributed by atoms with Gasteiger partial charge in [-0.3, -0.25) is 0 Å². The number of ether oxygens (including phenoxy) is 1. The molecular formula is C21H29N3O4S. The maximum atomic E-state index is 13.0. The van der Waals surface area contributed by atoms with Crippen molar-refractivity contribution in [3.63, 3.8) is 0 Å². The number of hydrogen-bond donors (Lipinski definition) is 0. The molecule has 2 aromatic rings. The first-order valence-corrected chi connectivity index (χ1v) is 11.9. The van der Waals surface area contributed by atoms with E-state index in [0.717, 1.165) is 55.9 Å². The number of aromatic nitrogens is 1. The highest BCUT2D eigenvalue weighted by molar-refractivity contribution is 7.89. The van der Waals surface area contributed by atoms with Crippen LogP contribution in [0.3, 0.4) is 0 Å². The van der Waals surface area contributed by atoms with Crippen molar-refractivity contribution < 1.29 is 17.6 Å².